The van der Waals surface area contributed by atoms with E-state index in [0.29, 0.717) is 17.9 Å². The largest absolute Gasteiger partial charge is 0.354 e. The van der Waals surface area contributed by atoms with Gasteiger partial charge in [0.1, 0.15) is 17.5 Å². The minimum atomic E-state index is -0.245. The van der Waals surface area contributed by atoms with Gasteiger partial charge in [0.05, 0.1) is 6.20 Å². The van der Waals surface area contributed by atoms with Gasteiger partial charge in [0.2, 0.25) is 0 Å². The summed E-state index contributed by atoms with van der Waals surface area (Å²) in [5.74, 6) is 2.14. The molecule has 0 N–H and O–H groups in total. The van der Waals surface area contributed by atoms with Crippen molar-refractivity contribution < 1.29 is 4.39 Å². The van der Waals surface area contributed by atoms with Crippen LogP contribution < -0.4 is 4.90 Å². The Kier molecular flexibility index (Phi) is 4.57. The second-order valence-electron chi connectivity index (χ2n) is 6.31. The molecule has 0 radical (unpaired) electrons. The van der Waals surface area contributed by atoms with Gasteiger partial charge in [-0.2, -0.15) is 5.10 Å². The molecule has 1 aliphatic rings. The molecular weight excluding hydrogens is 333 g/mol. The minimum absolute atomic E-state index is 0.245. The van der Waals surface area contributed by atoms with Gasteiger partial charge in [-0.1, -0.05) is 0 Å². The number of aromatic nitrogens is 5. The van der Waals surface area contributed by atoms with Crippen LogP contribution in [0.3, 0.4) is 0 Å². The Balaban J connectivity index is 1.44. The standard InChI is InChI=1S/C18H20FN7/c1-14-22-17(11-18(23-14)26-6-2-4-21-26)25-9-7-24(8-10-25)13-15-3-5-20-12-16(15)19/h2-6,11-12H,7-10,13H2,1H3. The number of nitrogens with zero attached hydrogens (tertiary/aromatic N) is 7. The van der Waals surface area contributed by atoms with Crippen molar-refractivity contribution in [1.29, 1.82) is 0 Å². The topological polar surface area (TPSA) is 63.0 Å². The van der Waals surface area contributed by atoms with Crippen LogP contribution in [-0.2, 0) is 6.54 Å². The third-order valence-electron chi connectivity index (χ3n) is 4.50. The van der Waals surface area contributed by atoms with Crippen LogP contribution in [0.1, 0.15) is 11.4 Å². The van der Waals surface area contributed by atoms with Gasteiger partial charge in [-0.3, -0.25) is 9.88 Å². The number of anilines is 1. The van der Waals surface area contributed by atoms with E-state index in [1.807, 2.05) is 25.3 Å². The van der Waals surface area contributed by atoms with Gasteiger partial charge in [0.15, 0.2) is 5.82 Å². The lowest BCUT2D eigenvalue weighted by Crippen LogP contribution is -2.46. The normalized spacial score (nSPS) is 15.4. The summed E-state index contributed by atoms with van der Waals surface area (Å²) in [5.41, 5.74) is 0.687. The van der Waals surface area contributed by atoms with E-state index in [1.54, 1.807) is 23.1 Å². The fourth-order valence-electron chi connectivity index (χ4n) is 3.13. The molecule has 0 aromatic carbocycles. The Bertz CT molecular complexity index is 873. The Hall–Kier alpha value is -2.87. The molecule has 0 saturated carbocycles. The molecule has 4 rings (SSSR count). The molecule has 0 bridgehead atoms. The number of rotatable bonds is 4. The summed E-state index contributed by atoms with van der Waals surface area (Å²) in [4.78, 5) is 17.3. The smallest absolute Gasteiger partial charge is 0.159 e. The molecule has 0 unspecified atom stereocenters. The van der Waals surface area contributed by atoms with E-state index in [1.165, 1.54) is 6.20 Å². The average molecular weight is 353 g/mol. The number of hydrogen-bond donors (Lipinski definition) is 0. The molecular formula is C18H20FN7. The highest BCUT2D eigenvalue weighted by Crippen LogP contribution is 2.18. The third kappa shape index (κ3) is 3.55. The van der Waals surface area contributed by atoms with E-state index < -0.39 is 0 Å². The first-order valence-corrected chi connectivity index (χ1v) is 8.60. The van der Waals surface area contributed by atoms with E-state index in [-0.39, 0.29) is 5.82 Å². The number of pyridine rings is 1. The molecule has 26 heavy (non-hydrogen) atoms. The van der Waals surface area contributed by atoms with Crippen LogP contribution in [-0.4, -0.2) is 55.8 Å². The lowest BCUT2D eigenvalue weighted by molar-refractivity contribution is 0.246. The first kappa shape index (κ1) is 16.6. The van der Waals surface area contributed by atoms with Crippen molar-refractivity contribution in [3.63, 3.8) is 0 Å². The predicted octanol–water partition coefficient (Wildman–Crippen LogP) is 1.83. The van der Waals surface area contributed by atoms with E-state index in [9.17, 15) is 4.39 Å². The van der Waals surface area contributed by atoms with Crippen molar-refractivity contribution >= 4 is 5.82 Å². The molecule has 7 nitrogen and oxygen atoms in total. The van der Waals surface area contributed by atoms with E-state index in [4.69, 9.17) is 0 Å². The predicted molar refractivity (Wildman–Crippen MR) is 95.6 cm³/mol. The zero-order valence-corrected chi connectivity index (χ0v) is 14.6. The first-order chi connectivity index (χ1) is 12.7. The van der Waals surface area contributed by atoms with Crippen LogP contribution >= 0.6 is 0 Å². The lowest BCUT2D eigenvalue weighted by atomic mass is 10.2. The molecule has 3 aromatic heterocycles. The summed E-state index contributed by atoms with van der Waals surface area (Å²) in [7, 11) is 0. The van der Waals surface area contributed by atoms with E-state index in [2.05, 4.69) is 29.9 Å². The van der Waals surface area contributed by atoms with Crippen molar-refractivity contribution in [2.45, 2.75) is 13.5 Å². The summed E-state index contributed by atoms with van der Waals surface area (Å²) in [6, 6.07) is 5.57. The number of halogens is 1. The number of aryl methyl sites for hydroxylation is 1. The first-order valence-electron chi connectivity index (χ1n) is 8.60. The summed E-state index contributed by atoms with van der Waals surface area (Å²) in [6.45, 7) is 5.86. The van der Waals surface area contributed by atoms with Crippen molar-refractivity contribution in [1.82, 2.24) is 29.6 Å². The van der Waals surface area contributed by atoms with Crippen LogP contribution in [0.4, 0.5) is 10.2 Å². The Labute approximate surface area is 151 Å². The molecule has 3 aromatic rings. The van der Waals surface area contributed by atoms with Gasteiger partial charge in [0, 0.05) is 62.9 Å². The van der Waals surface area contributed by atoms with E-state index in [0.717, 1.165) is 37.8 Å². The zero-order chi connectivity index (χ0) is 17.9. The van der Waals surface area contributed by atoms with E-state index >= 15 is 0 Å². The van der Waals surface area contributed by atoms with Crippen molar-refractivity contribution in [3.8, 4) is 5.82 Å². The molecule has 134 valence electrons. The van der Waals surface area contributed by atoms with Crippen LogP contribution in [0.25, 0.3) is 5.82 Å². The average Bonchev–Trinajstić information content (AvgIpc) is 3.19. The van der Waals surface area contributed by atoms with Crippen molar-refractivity contribution in [2.75, 3.05) is 31.1 Å². The summed E-state index contributed by atoms with van der Waals surface area (Å²) in [5, 5.41) is 4.24. The molecule has 0 atom stereocenters. The molecule has 0 spiro atoms. The highest BCUT2D eigenvalue weighted by molar-refractivity contribution is 5.44. The molecule has 8 heteroatoms. The fourth-order valence-corrected chi connectivity index (χ4v) is 3.13. The van der Waals surface area contributed by atoms with Gasteiger partial charge >= 0.3 is 0 Å². The monoisotopic (exact) mass is 353 g/mol. The Morgan fingerprint density at radius 1 is 1.08 bits per heavy atom. The number of hydrogen-bond acceptors (Lipinski definition) is 6. The summed E-state index contributed by atoms with van der Waals surface area (Å²) >= 11 is 0. The van der Waals surface area contributed by atoms with Crippen molar-refractivity contribution in [3.05, 3.63) is 60.2 Å². The second-order valence-corrected chi connectivity index (χ2v) is 6.31. The summed E-state index contributed by atoms with van der Waals surface area (Å²) < 4.78 is 15.5. The van der Waals surface area contributed by atoms with Crippen LogP contribution in [0.2, 0.25) is 0 Å². The number of piperazine rings is 1. The molecule has 1 fully saturated rings. The highest BCUT2D eigenvalue weighted by atomic mass is 19.1. The summed E-state index contributed by atoms with van der Waals surface area (Å²) in [6.07, 6.45) is 6.50. The highest BCUT2D eigenvalue weighted by Gasteiger charge is 2.20. The van der Waals surface area contributed by atoms with Gasteiger partial charge in [0.25, 0.3) is 0 Å². The third-order valence-corrected chi connectivity index (χ3v) is 4.50. The fraction of sp³-hybridized carbons (Fsp3) is 0.333. The minimum Gasteiger partial charge on any atom is -0.354 e. The zero-order valence-electron chi connectivity index (χ0n) is 14.6. The van der Waals surface area contributed by atoms with Gasteiger partial charge < -0.3 is 4.90 Å². The maximum Gasteiger partial charge on any atom is 0.159 e. The molecule has 0 aliphatic carbocycles. The SMILES string of the molecule is Cc1nc(N2CCN(Cc3ccncc3F)CC2)cc(-n2cccn2)n1. The lowest BCUT2D eigenvalue weighted by Gasteiger charge is -2.35. The van der Waals surface area contributed by atoms with Gasteiger partial charge in [-0.05, 0) is 19.1 Å². The molecule has 0 amide bonds. The van der Waals surface area contributed by atoms with Crippen molar-refractivity contribution in [2.24, 2.45) is 0 Å². The Morgan fingerprint density at radius 3 is 2.62 bits per heavy atom. The maximum absolute atomic E-state index is 13.8. The maximum atomic E-state index is 13.8. The second kappa shape index (κ2) is 7.17. The van der Waals surface area contributed by atoms with Crippen LogP contribution in [0.15, 0.2) is 43.0 Å². The quantitative estimate of drug-likeness (QED) is 0.713. The van der Waals surface area contributed by atoms with Gasteiger partial charge in [-0.25, -0.2) is 19.0 Å². The van der Waals surface area contributed by atoms with Gasteiger partial charge in [-0.15, -0.1) is 0 Å². The van der Waals surface area contributed by atoms with Crippen LogP contribution in [0.5, 0.6) is 0 Å². The Morgan fingerprint density at radius 2 is 1.88 bits per heavy atom. The molecule has 1 saturated heterocycles. The van der Waals surface area contributed by atoms with Crippen LogP contribution in [0, 0.1) is 12.7 Å². The molecule has 4 heterocycles. The molecule has 1 aliphatic heterocycles.